The minimum absolute atomic E-state index is 0.143. The van der Waals surface area contributed by atoms with Crippen molar-refractivity contribution in [2.45, 2.75) is 6.92 Å². The highest BCUT2D eigenvalue weighted by atomic mass is 35.5. The zero-order chi connectivity index (χ0) is 13.7. The third-order valence-corrected chi connectivity index (χ3v) is 2.69. The van der Waals surface area contributed by atoms with E-state index in [1.807, 2.05) is 0 Å². The molecule has 0 amide bonds. The topological polar surface area (TPSA) is 75.1 Å². The molecule has 7 heteroatoms. The predicted molar refractivity (Wildman–Crippen MR) is 65.3 cm³/mol. The Labute approximate surface area is 107 Å². The molecule has 0 aliphatic rings. The van der Waals surface area contributed by atoms with Gasteiger partial charge >= 0.3 is 5.97 Å². The summed E-state index contributed by atoms with van der Waals surface area (Å²) in [6, 6.07) is 2.58. The van der Waals surface area contributed by atoms with Gasteiger partial charge in [-0.05, 0) is 30.2 Å². The van der Waals surface area contributed by atoms with E-state index in [-0.39, 0.29) is 16.3 Å². The largest absolute Gasteiger partial charge is 0.466 e. The molecule has 0 saturated heterocycles. The lowest BCUT2D eigenvalue weighted by Gasteiger charge is -2.05. The van der Waals surface area contributed by atoms with Gasteiger partial charge in [0.1, 0.15) is 11.5 Å². The van der Waals surface area contributed by atoms with Gasteiger partial charge in [0, 0.05) is 10.5 Å². The van der Waals surface area contributed by atoms with E-state index in [9.17, 15) is 9.18 Å². The van der Waals surface area contributed by atoms with E-state index in [0.29, 0.717) is 5.56 Å². The van der Waals surface area contributed by atoms with Crippen LogP contribution in [-0.2, 0) is 9.53 Å². The predicted octanol–water partition coefficient (Wildman–Crippen LogP) is 3.61. The third-order valence-electron chi connectivity index (χ3n) is 2.19. The summed E-state index contributed by atoms with van der Waals surface area (Å²) in [6.07, 6.45) is 1.24. The maximum atomic E-state index is 13.2. The lowest BCUT2D eigenvalue weighted by molar-refractivity contribution is -0.136. The summed E-state index contributed by atoms with van der Waals surface area (Å²) in [5.74, 6) is -1.26. The summed E-state index contributed by atoms with van der Waals surface area (Å²) in [7, 11) is 1.15. The van der Waals surface area contributed by atoms with Gasteiger partial charge in [0.2, 0.25) is 0 Å². The maximum absolute atomic E-state index is 13.2. The zero-order valence-corrected chi connectivity index (χ0v) is 10.4. The Bertz CT molecular complexity index is 566. The fraction of sp³-hybridized carbons (Fsp3) is 0.182. The van der Waals surface area contributed by atoms with Gasteiger partial charge in [-0.25, -0.2) is 9.18 Å². The monoisotopic (exact) mass is 269 g/mol. The van der Waals surface area contributed by atoms with E-state index in [1.54, 1.807) is 0 Å². The molecule has 0 aliphatic heterocycles. The molecule has 0 bridgehead atoms. The first-order valence-corrected chi connectivity index (χ1v) is 5.18. The minimum Gasteiger partial charge on any atom is -0.466 e. The Morgan fingerprint density at radius 3 is 2.83 bits per heavy atom. The molecule has 0 aliphatic carbocycles. The van der Waals surface area contributed by atoms with Crippen LogP contribution in [0, 0.1) is 12.7 Å². The van der Waals surface area contributed by atoms with Crippen LogP contribution in [0.1, 0.15) is 11.1 Å². The molecule has 0 atom stereocenters. The summed E-state index contributed by atoms with van der Waals surface area (Å²) in [5.41, 5.74) is 8.70. The average molecular weight is 270 g/mol. The van der Waals surface area contributed by atoms with Crippen LogP contribution in [0.3, 0.4) is 0 Å². The fourth-order valence-electron chi connectivity index (χ4n) is 1.22. The van der Waals surface area contributed by atoms with Crippen LogP contribution in [0.5, 0.6) is 0 Å². The average Bonchev–Trinajstić information content (AvgIpc) is 2.37. The van der Waals surface area contributed by atoms with Gasteiger partial charge in [-0.1, -0.05) is 22.8 Å². The molecule has 0 N–H and O–H groups in total. The van der Waals surface area contributed by atoms with E-state index in [2.05, 4.69) is 14.8 Å². The van der Waals surface area contributed by atoms with Crippen molar-refractivity contribution in [3.8, 4) is 0 Å². The van der Waals surface area contributed by atoms with Gasteiger partial charge in [-0.2, -0.15) is 0 Å². The number of azide groups is 1. The smallest absolute Gasteiger partial charge is 0.340 e. The summed E-state index contributed by atoms with van der Waals surface area (Å²) in [4.78, 5) is 13.8. The Morgan fingerprint density at radius 1 is 1.61 bits per heavy atom. The lowest BCUT2D eigenvalue weighted by Crippen LogP contribution is -2.02. The molecule has 1 aromatic rings. The van der Waals surface area contributed by atoms with Crippen LogP contribution in [0.2, 0.25) is 5.02 Å². The molecule has 5 nitrogen and oxygen atoms in total. The number of halogens is 2. The molecule has 0 spiro atoms. The molecule has 94 valence electrons. The number of benzene rings is 1. The number of ether oxygens (including phenoxy) is 1. The van der Waals surface area contributed by atoms with Crippen LogP contribution >= 0.6 is 11.6 Å². The molecule has 0 radical (unpaired) electrons. The quantitative estimate of drug-likeness (QED) is 0.276. The van der Waals surface area contributed by atoms with Crippen molar-refractivity contribution < 1.29 is 13.9 Å². The highest BCUT2D eigenvalue weighted by Gasteiger charge is 2.11. The number of hydrogen-bond acceptors (Lipinski definition) is 3. The number of carbonyl (C=O) groups excluding carboxylic acids is 1. The number of nitrogens with zero attached hydrogens (tertiary/aromatic N) is 3. The molecule has 18 heavy (non-hydrogen) atoms. The van der Waals surface area contributed by atoms with Gasteiger partial charge < -0.3 is 4.74 Å². The van der Waals surface area contributed by atoms with Crippen LogP contribution < -0.4 is 0 Å². The molecule has 0 aromatic heterocycles. The Kier molecular flexibility index (Phi) is 4.71. The van der Waals surface area contributed by atoms with Gasteiger partial charge in [-0.3, -0.25) is 0 Å². The maximum Gasteiger partial charge on any atom is 0.340 e. The normalized spacial score (nSPS) is 10.8. The number of methoxy groups -OCH3 is 1. The van der Waals surface area contributed by atoms with Gasteiger partial charge in [0.25, 0.3) is 0 Å². The van der Waals surface area contributed by atoms with Crippen molar-refractivity contribution in [2.24, 2.45) is 5.11 Å². The van der Waals surface area contributed by atoms with E-state index in [0.717, 1.165) is 7.11 Å². The van der Waals surface area contributed by atoms with Crippen molar-refractivity contribution in [3.63, 3.8) is 0 Å². The fourth-order valence-corrected chi connectivity index (χ4v) is 1.43. The SMILES string of the molecule is COC(=O)/C(=C\c1ccc(F)c(C)c1Cl)N=[N+]=[N-]. The van der Waals surface area contributed by atoms with Gasteiger partial charge in [-0.15, -0.1) is 0 Å². The number of rotatable bonds is 3. The van der Waals surface area contributed by atoms with Crippen molar-refractivity contribution in [1.82, 2.24) is 0 Å². The Balaban J connectivity index is 3.33. The van der Waals surface area contributed by atoms with Crippen molar-refractivity contribution >= 4 is 23.6 Å². The highest BCUT2D eigenvalue weighted by Crippen LogP contribution is 2.25. The zero-order valence-electron chi connectivity index (χ0n) is 9.65. The molecule has 0 heterocycles. The van der Waals surface area contributed by atoms with Crippen molar-refractivity contribution in [1.29, 1.82) is 0 Å². The summed E-state index contributed by atoms with van der Waals surface area (Å²) >= 11 is 5.92. The summed E-state index contributed by atoms with van der Waals surface area (Å²) in [6.45, 7) is 1.50. The van der Waals surface area contributed by atoms with Crippen molar-refractivity contribution in [3.05, 3.63) is 50.2 Å². The summed E-state index contributed by atoms with van der Waals surface area (Å²) < 4.78 is 17.6. The molecule has 1 rings (SSSR count). The van der Waals surface area contributed by atoms with Gasteiger partial charge in [0.05, 0.1) is 12.1 Å². The first-order valence-electron chi connectivity index (χ1n) is 4.81. The molecular formula is C11H9ClFN3O2. The van der Waals surface area contributed by atoms with Crippen molar-refractivity contribution in [2.75, 3.05) is 7.11 Å². The van der Waals surface area contributed by atoms with Gasteiger partial charge in [0.15, 0.2) is 0 Å². The molecular weight excluding hydrogens is 261 g/mol. The van der Waals surface area contributed by atoms with Crippen LogP contribution in [0.15, 0.2) is 22.9 Å². The van der Waals surface area contributed by atoms with E-state index < -0.39 is 11.8 Å². The second-order valence-corrected chi connectivity index (χ2v) is 3.66. The summed E-state index contributed by atoms with van der Waals surface area (Å²) in [5, 5.41) is 3.34. The second kappa shape index (κ2) is 6.05. The number of hydrogen-bond donors (Lipinski definition) is 0. The molecule has 0 saturated carbocycles. The first kappa shape index (κ1) is 14.0. The highest BCUT2D eigenvalue weighted by molar-refractivity contribution is 6.33. The van der Waals surface area contributed by atoms with Crippen LogP contribution in [0.4, 0.5) is 4.39 Å². The van der Waals surface area contributed by atoms with Crippen LogP contribution in [-0.4, -0.2) is 13.1 Å². The third kappa shape index (κ3) is 3.00. The first-order chi connectivity index (χ1) is 8.51. The van der Waals surface area contributed by atoms with E-state index in [1.165, 1.54) is 25.1 Å². The van der Waals surface area contributed by atoms with E-state index >= 15 is 0 Å². The van der Waals surface area contributed by atoms with E-state index in [4.69, 9.17) is 17.1 Å². The second-order valence-electron chi connectivity index (χ2n) is 3.29. The number of carbonyl (C=O) groups is 1. The lowest BCUT2D eigenvalue weighted by atomic mass is 10.1. The Morgan fingerprint density at radius 2 is 2.28 bits per heavy atom. The standard InChI is InChI=1S/C11H9ClFN3O2/c1-6-8(13)4-3-7(10(6)12)5-9(15-16-14)11(17)18-2/h3-5H,1-2H3/b9-5+. The Hall–Kier alpha value is -2.04. The minimum atomic E-state index is -0.800. The molecule has 1 aromatic carbocycles. The number of esters is 1. The molecule has 0 unspecified atom stereocenters. The molecule has 0 fully saturated rings. The van der Waals surface area contributed by atoms with Crippen LogP contribution in [0.25, 0.3) is 16.5 Å².